The first kappa shape index (κ1) is 19.3. The quantitative estimate of drug-likeness (QED) is 0.784. The van der Waals surface area contributed by atoms with Crippen LogP contribution in [-0.4, -0.2) is 46.2 Å². The summed E-state index contributed by atoms with van der Waals surface area (Å²) in [5, 5.41) is 0.666. The van der Waals surface area contributed by atoms with Crippen molar-refractivity contribution >= 4 is 21.6 Å². The first-order valence-electron chi connectivity index (χ1n) is 8.62. The van der Waals surface area contributed by atoms with E-state index in [1.807, 2.05) is 54.6 Å². The van der Waals surface area contributed by atoms with Crippen molar-refractivity contribution in [3.05, 3.63) is 70.7 Å². The second kappa shape index (κ2) is 8.97. The number of ether oxygens (including phenoxy) is 1. The molecule has 0 aromatic heterocycles. The van der Waals surface area contributed by atoms with E-state index in [0.717, 1.165) is 24.2 Å². The van der Waals surface area contributed by atoms with E-state index in [2.05, 4.69) is 9.62 Å². The fourth-order valence-electron chi connectivity index (χ4n) is 3.08. The average Bonchev–Trinajstić information content (AvgIpc) is 2.64. The standard InChI is InChI=1S/C19H23ClN2O3S/c20-18-8-6-17(7-9-18)19(22-10-12-25-13-11-22)14-21-26(23,24)15-16-4-2-1-3-5-16/h1-9,19,21H,10-15H2. The predicted octanol–water partition coefficient (Wildman–Crippen LogP) is 2.83. The Hall–Kier alpha value is -1.44. The first-order valence-corrected chi connectivity index (χ1v) is 10.6. The van der Waals surface area contributed by atoms with Crippen LogP contribution in [0.4, 0.5) is 0 Å². The number of nitrogens with zero attached hydrogens (tertiary/aromatic N) is 1. The van der Waals surface area contributed by atoms with E-state index in [1.54, 1.807) is 0 Å². The highest BCUT2D eigenvalue weighted by Crippen LogP contribution is 2.23. The lowest BCUT2D eigenvalue weighted by Gasteiger charge is -2.35. The molecular formula is C19H23ClN2O3S. The molecule has 140 valence electrons. The zero-order valence-corrected chi connectivity index (χ0v) is 16.0. The van der Waals surface area contributed by atoms with Gasteiger partial charge in [-0.15, -0.1) is 0 Å². The van der Waals surface area contributed by atoms with Gasteiger partial charge in [0.15, 0.2) is 0 Å². The number of halogens is 1. The number of sulfonamides is 1. The molecule has 0 amide bonds. The molecule has 2 aromatic carbocycles. The Balaban J connectivity index is 1.71. The van der Waals surface area contributed by atoms with Crippen LogP contribution in [0.2, 0.25) is 5.02 Å². The van der Waals surface area contributed by atoms with Crippen molar-refractivity contribution in [2.45, 2.75) is 11.8 Å². The molecule has 1 atom stereocenters. The van der Waals surface area contributed by atoms with Crippen LogP contribution in [0.3, 0.4) is 0 Å². The van der Waals surface area contributed by atoms with E-state index in [-0.39, 0.29) is 11.8 Å². The highest BCUT2D eigenvalue weighted by Gasteiger charge is 2.24. The number of nitrogens with one attached hydrogen (secondary N) is 1. The molecule has 1 fully saturated rings. The summed E-state index contributed by atoms with van der Waals surface area (Å²) < 4.78 is 33.2. The first-order chi connectivity index (χ1) is 12.5. The van der Waals surface area contributed by atoms with Crippen molar-refractivity contribution in [3.63, 3.8) is 0 Å². The van der Waals surface area contributed by atoms with Gasteiger partial charge in [-0.2, -0.15) is 0 Å². The average molecular weight is 395 g/mol. The Kier molecular flexibility index (Phi) is 6.67. The Morgan fingerprint density at radius 3 is 2.35 bits per heavy atom. The third kappa shape index (κ3) is 5.53. The van der Waals surface area contributed by atoms with E-state index in [0.29, 0.717) is 24.8 Å². The summed E-state index contributed by atoms with van der Waals surface area (Å²) in [5.41, 5.74) is 1.81. The molecule has 0 bridgehead atoms. The summed E-state index contributed by atoms with van der Waals surface area (Å²) in [5.74, 6) is -0.0235. The van der Waals surface area contributed by atoms with Gasteiger partial charge in [-0.3, -0.25) is 4.90 Å². The largest absolute Gasteiger partial charge is 0.379 e. The summed E-state index contributed by atoms with van der Waals surface area (Å²) in [6.07, 6.45) is 0. The molecule has 1 saturated heterocycles. The maximum absolute atomic E-state index is 12.5. The van der Waals surface area contributed by atoms with Gasteiger partial charge in [-0.05, 0) is 23.3 Å². The second-order valence-corrected chi connectivity index (χ2v) is 8.55. The Labute approximate surface area is 160 Å². The normalized spacial score (nSPS) is 17.1. The number of benzene rings is 2. The van der Waals surface area contributed by atoms with Crippen molar-refractivity contribution in [3.8, 4) is 0 Å². The van der Waals surface area contributed by atoms with Crippen molar-refractivity contribution < 1.29 is 13.2 Å². The van der Waals surface area contributed by atoms with E-state index >= 15 is 0 Å². The van der Waals surface area contributed by atoms with Crippen molar-refractivity contribution in [1.82, 2.24) is 9.62 Å². The molecule has 7 heteroatoms. The third-order valence-corrected chi connectivity index (χ3v) is 6.01. The van der Waals surface area contributed by atoms with Crippen molar-refractivity contribution in [2.75, 3.05) is 32.8 Å². The monoisotopic (exact) mass is 394 g/mol. The van der Waals surface area contributed by atoms with Crippen LogP contribution < -0.4 is 4.72 Å². The van der Waals surface area contributed by atoms with Crippen LogP contribution in [0.1, 0.15) is 17.2 Å². The van der Waals surface area contributed by atoms with Gasteiger partial charge >= 0.3 is 0 Å². The zero-order chi connectivity index (χ0) is 18.4. The topological polar surface area (TPSA) is 58.6 Å². The molecule has 1 unspecified atom stereocenters. The molecule has 0 aliphatic carbocycles. The Morgan fingerprint density at radius 2 is 1.69 bits per heavy atom. The van der Waals surface area contributed by atoms with Crippen LogP contribution in [-0.2, 0) is 20.5 Å². The van der Waals surface area contributed by atoms with Gasteiger partial charge in [-0.25, -0.2) is 13.1 Å². The van der Waals surface area contributed by atoms with Gasteiger partial charge in [0.2, 0.25) is 10.0 Å². The van der Waals surface area contributed by atoms with Crippen LogP contribution >= 0.6 is 11.6 Å². The van der Waals surface area contributed by atoms with Gasteiger partial charge in [0, 0.05) is 30.7 Å². The van der Waals surface area contributed by atoms with Gasteiger partial charge in [0.1, 0.15) is 0 Å². The van der Waals surface area contributed by atoms with E-state index in [4.69, 9.17) is 16.3 Å². The number of hydrogen-bond donors (Lipinski definition) is 1. The van der Waals surface area contributed by atoms with E-state index < -0.39 is 10.0 Å². The Bertz CT molecular complexity index is 791. The summed E-state index contributed by atoms with van der Waals surface area (Å²) in [6, 6.07) is 16.7. The summed E-state index contributed by atoms with van der Waals surface area (Å²) in [4.78, 5) is 2.25. The minimum absolute atomic E-state index is 0.0235. The molecular weight excluding hydrogens is 372 g/mol. The van der Waals surface area contributed by atoms with Crippen LogP contribution in [0, 0.1) is 0 Å². The lowest BCUT2D eigenvalue weighted by atomic mass is 10.1. The van der Waals surface area contributed by atoms with Crippen LogP contribution in [0.15, 0.2) is 54.6 Å². The summed E-state index contributed by atoms with van der Waals surface area (Å²) in [7, 11) is -3.42. The number of rotatable bonds is 7. The molecule has 1 aliphatic heterocycles. The predicted molar refractivity (Wildman–Crippen MR) is 104 cm³/mol. The van der Waals surface area contributed by atoms with Crippen LogP contribution in [0.25, 0.3) is 0 Å². The Morgan fingerprint density at radius 1 is 1.04 bits per heavy atom. The van der Waals surface area contributed by atoms with Gasteiger partial charge in [0.25, 0.3) is 0 Å². The lowest BCUT2D eigenvalue weighted by Crippen LogP contribution is -2.44. The number of morpholine rings is 1. The van der Waals surface area contributed by atoms with Gasteiger partial charge in [-0.1, -0.05) is 54.1 Å². The van der Waals surface area contributed by atoms with Crippen molar-refractivity contribution in [2.24, 2.45) is 0 Å². The van der Waals surface area contributed by atoms with E-state index in [9.17, 15) is 8.42 Å². The lowest BCUT2D eigenvalue weighted by molar-refractivity contribution is 0.0172. The molecule has 26 heavy (non-hydrogen) atoms. The minimum atomic E-state index is -3.42. The molecule has 5 nitrogen and oxygen atoms in total. The second-order valence-electron chi connectivity index (χ2n) is 6.31. The summed E-state index contributed by atoms with van der Waals surface area (Å²) in [6.45, 7) is 3.17. The maximum atomic E-state index is 12.5. The smallest absolute Gasteiger partial charge is 0.215 e. The highest BCUT2D eigenvalue weighted by atomic mass is 35.5. The fourth-order valence-corrected chi connectivity index (χ4v) is 4.35. The zero-order valence-electron chi connectivity index (χ0n) is 14.5. The molecule has 0 spiro atoms. The molecule has 0 saturated carbocycles. The molecule has 1 N–H and O–H groups in total. The SMILES string of the molecule is O=S(=O)(Cc1ccccc1)NCC(c1ccc(Cl)cc1)N1CCOCC1. The van der Waals surface area contributed by atoms with Gasteiger partial charge in [0.05, 0.1) is 19.0 Å². The fraction of sp³-hybridized carbons (Fsp3) is 0.368. The third-order valence-electron chi connectivity index (χ3n) is 4.44. The minimum Gasteiger partial charge on any atom is -0.379 e. The molecule has 1 heterocycles. The summed E-state index contributed by atoms with van der Waals surface area (Å²) >= 11 is 6.00. The maximum Gasteiger partial charge on any atom is 0.215 e. The molecule has 1 aliphatic rings. The highest BCUT2D eigenvalue weighted by molar-refractivity contribution is 7.88. The van der Waals surface area contributed by atoms with Crippen LogP contribution in [0.5, 0.6) is 0 Å². The van der Waals surface area contributed by atoms with E-state index in [1.165, 1.54) is 0 Å². The van der Waals surface area contributed by atoms with Crippen molar-refractivity contribution in [1.29, 1.82) is 0 Å². The van der Waals surface area contributed by atoms with Gasteiger partial charge < -0.3 is 4.74 Å². The molecule has 0 radical (unpaired) electrons. The molecule has 2 aromatic rings. The molecule has 3 rings (SSSR count). The number of hydrogen-bond acceptors (Lipinski definition) is 4.